The fourth-order valence-electron chi connectivity index (χ4n) is 2.19. The molecule has 1 fully saturated rings. The van der Waals surface area contributed by atoms with Crippen LogP contribution in [0, 0.1) is 5.92 Å². The molecule has 0 radical (unpaired) electrons. The molecule has 0 amide bonds. The highest BCUT2D eigenvalue weighted by Gasteiger charge is 2.25. The molecule has 0 spiro atoms. The third-order valence-electron chi connectivity index (χ3n) is 3.23. The van der Waals surface area contributed by atoms with Crippen LogP contribution in [0.25, 0.3) is 0 Å². The molecule has 100 valence electrons. The quantitative estimate of drug-likeness (QED) is 0.842. The minimum atomic E-state index is -3.04. The van der Waals surface area contributed by atoms with Crippen LogP contribution in [-0.2, 0) is 16.4 Å². The number of piperidine rings is 1. The second kappa shape index (κ2) is 5.50. The fraction of sp³-hybridized carbons (Fsp3) is 0.636. The van der Waals surface area contributed by atoms with Gasteiger partial charge in [0.25, 0.3) is 0 Å². The van der Waals surface area contributed by atoms with E-state index in [9.17, 15) is 8.42 Å². The van der Waals surface area contributed by atoms with Crippen LogP contribution >= 0.6 is 11.6 Å². The molecule has 2 heterocycles. The van der Waals surface area contributed by atoms with Crippen molar-refractivity contribution >= 4 is 21.6 Å². The number of rotatable bonds is 3. The molecule has 1 aliphatic rings. The molecule has 0 atom stereocenters. The Morgan fingerprint density at radius 1 is 1.33 bits per heavy atom. The molecule has 1 aliphatic heterocycles. The number of halogens is 1. The SMILES string of the molecule is CS(=O)(=O)N1CCC(Cc2ccc(Cl)nn2)CC1. The van der Waals surface area contributed by atoms with Gasteiger partial charge < -0.3 is 0 Å². The summed E-state index contributed by atoms with van der Waals surface area (Å²) in [5.74, 6) is 0.471. The Bertz CT molecular complexity index is 496. The molecular formula is C11H16ClN3O2S. The van der Waals surface area contributed by atoms with Crippen LogP contribution < -0.4 is 0 Å². The average Bonchev–Trinajstić information content (AvgIpc) is 2.32. The van der Waals surface area contributed by atoms with Gasteiger partial charge in [0.15, 0.2) is 5.15 Å². The smallest absolute Gasteiger partial charge is 0.211 e. The Morgan fingerprint density at radius 3 is 2.50 bits per heavy atom. The summed E-state index contributed by atoms with van der Waals surface area (Å²) < 4.78 is 24.3. The molecule has 2 rings (SSSR count). The van der Waals surface area contributed by atoms with Gasteiger partial charge in [0, 0.05) is 13.1 Å². The van der Waals surface area contributed by atoms with Gasteiger partial charge >= 0.3 is 0 Å². The first-order valence-electron chi connectivity index (χ1n) is 5.88. The predicted molar refractivity (Wildman–Crippen MR) is 69.9 cm³/mol. The maximum Gasteiger partial charge on any atom is 0.211 e. The predicted octanol–water partition coefficient (Wildman–Crippen LogP) is 1.34. The third-order valence-corrected chi connectivity index (χ3v) is 4.73. The molecule has 1 aromatic heterocycles. The number of sulfonamides is 1. The van der Waals surface area contributed by atoms with Crippen molar-refractivity contribution in [3.8, 4) is 0 Å². The van der Waals surface area contributed by atoms with Crippen molar-refractivity contribution in [3.63, 3.8) is 0 Å². The van der Waals surface area contributed by atoms with Crippen molar-refractivity contribution in [2.75, 3.05) is 19.3 Å². The average molecular weight is 290 g/mol. The highest BCUT2D eigenvalue weighted by atomic mass is 35.5. The van der Waals surface area contributed by atoms with Crippen molar-refractivity contribution in [3.05, 3.63) is 23.0 Å². The van der Waals surface area contributed by atoms with Crippen LogP contribution in [0.5, 0.6) is 0 Å². The summed E-state index contributed by atoms with van der Waals surface area (Å²) in [5.41, 5.74) is 0.914. The van der Waals surface area contributed by atoms with Gasteiger partial charge in [0.05, 0.1) is 11.9 Å². The summed E-state index contributed by atoms with van der Waals surface area (Å²) in [7, 11) is -3.04. The first-order valence-corrected chi connectivity index (χ1v) is 8.11. The molecule has 1 aromatic rings. The number of hydrogen-bond acceptors (Lipinski definition) is 4. The molecule has 18 heavy (non-hydrogen) atoms. The molecule has 0 N–H and O–H groups in total. The molecule has 0 unspecified atom stereocenters. The maximum atomic E-state index is 11.4. The van der Waals surface area contributed by atoms with Gasteiger partial charge in [-0.1, -0.05) is 11.6 Å². The second-order valence-corrected chi connectivity index (χ2v) is 7.03. The molecule has 0 bridgehead atoms. The van der Waals surface area contributed by atoms with Crippen molar-refractivity contribution in [1.29, 1.82) is 0 Å². The lowest BCUT2D eigenvalue weighted by Gasteiger charge is -2.29. The molecule has 5 nitrogen and oxygen atoms in total. The van der Waals surface area contributed by atoms with Gasteiger partial charge in [-0.15, -0.1) is 5.10 Å². The summed E-state index contributed by atoms with van der Waals surface area (Å²) in [5, 5.41) is 8.23. The van der Waals surface area contributed by atoms with Crippen molar-refractivity contribution in [1.82, 2.24) is 14.5 Å². The Kier molecular flexibility index (Phi) is 4.19. The Balaban J connectivity index is 1.89. The molecule has 0 saturated carbocycles. The molecule has 0 aromatic carbocycles. The number of aromatic nitrogens is 2. The van der Waals surface area contributed by atoms with Gasteiger partial charge in [-0.2, -0.15) is 5.10 Å². The standard InChI is InChI=1S/C11H16ClN3O2S/c1-18(16,17)15-6-4-9(5-7-15)8-10-2-3-11(12)14-13-10/h2-3,9H,4-8H2,1H3. The summed E-state index contributed by atoms with van der Waals surface area (Å²) in [6.45, 7) is 1.20. The van der Waals surface area contributed by atoms with E-state index in [1.807, 2.05) is 6.07 Å². The lowest BCUT2D eigenvalue weighted by Crippen LogP contribution is -2.38. The van der Waals surface area contributed by atoms with E-state index in [1.165, 1.54) is 10.6 Å². The van der Waals surface area contributed by atoms with Crippen LogP contribution in [0.4, 0.5) is 0 Å². The van der Waals surface area contributed by atoms with E-state index in [2.05, 4.69) is 10.2 Å². The monoisotopic (exact) mass is 289 g/mol. The highest BCUT2D eigenvalue weighted by molar-refractivity contribution is 7.88. The largest absolute Gasteiger partial charge is 0.213 e. The zero-order chi connectivity index (χ0) is 13.2. The summed E-state index contributed by atoms with van der Waals surface area (Å²) in [6, 6.07) is 3.60. The van der Waals surface area contributed by atoms with Crippen LogP contribution in [0.1, 0.15) is 18.5 Å². The number of hydrogen-bond donors (Lipinski definition) is 0. The lowest BCUT2D eigenvalue weighted by molar-refractivity contribution is 0.272. The maximum absolute atomic E-state index is 11.4. The van der Waals surface area contributed by atoms with E-state index < -0.39 is 10.0 Å². The lowest BCUT2D eigenvalue weighted by atomic mass is 9.93. The number of nitrogens with zero attached hydrogens (tertiary/aromatic N) is 3. The van der Waals surface area contributed by atoms with E-state index in [4.69, 9.17) is 11.6 Å². The molecule has 0 aliphatic carbocycles. The van der Waals surface area contributed by atoms with E-state index in [1.54, 1.807) is 6.07 Å². The molecule has 7 heteroatoms. The minimum absolute atomic E-state index is 0.394. The fourth-order valence-corrected chi connectivity index (χ4v) is 3.17. The van der Waals surface area contributed by atoms with Gasteiger partial charge in [0.2, 0.25) is 10.0 Å². The molecule has 1 saturated heterocycles. The van der Waals surface area contributed by atoms with E-state index in [0.29, 0.717) is 24.2 Å². The Morgan fingerprint density at radius 2 is 2.00 bits per heavy atom. The van der Waals surface area contributed by atoms with Crippen LogP contribution in [-0.4, -0.2) is 42.3 Å². The van der Waals surface area contributed by atoms with Crippen molar-refractivity contribution in [2.24, 2.45) is 5.92 Å². The van der Waals surface area contributed by atoms with Crippen molar-refractivity contribution < 1.29 is 8.42 Å². The van der Waals surface area contributed by atoms with Crippen LogP contribution in [0.3, 0.4) is 0 Å². The van der Waals surface area contributed by atoms with Crippen LogP contribution in [0.15, 0.2) is 12.1 Å². The topological polar surface area (TPSA) is 63.2 Å². The zero-order valence-electron chi connectivity index (χ0n) is 10.2. The zero-order valence-corrected chi connectivity index (χ0v) is 11.8. The van der Waals surface area contributed by atoms with E-state index in [0.717, 1.165) is 25.0 Å². The van der Waals surface area contributed by atoms with Gasteiger partial charge in [-0.25, -0.2) is 12.7 Å². The Labute approximate surface area is 112 Å². The first-order chi connectivity index (χ1) is 8.45. The van der Waals surface area contributed by atoms with Crippen LogP contribution in [0.2, 0.25) is 5.15 Å². The normalized spacial score (nSPS) is 19.0. The van der Waals surface area contributed by atoms with Gasteiger partial charge in [0.1, 0.15) is 0 Å². The minimum Gasteiger partial charge on any atom is -0.213 e. The van der Waals surface area contributed by atoms with E-state index in [-0.39, 0.29) is 0 Å². The Hall–Kier alpha value is -0.720. The second-order valence-electron chi connectivity index (χ2n) is 4.66. The van der Waals surface area contributed by atoms with E-state index >= 15 is 0 Å². The highest BCUT2D eigenvalue weighted by Crippen LogP contribution is 2.22. The summed E-state index contributed by atoms with van der Waals surface area (Å²) in [4.78, 5) is 0. The first kappa shape index (κ1) is 13.7. The van der Waals surface area contributed by atoms with Crippen molar-refractivity contribution in [2.45, 2.75) is 19.3 Å². The summed E-state index contributed by atoms with van der Waals surface area (Å²) >= 11 is 5.68. The van der Waals surface area contributed by atoms with Gasteiger partial charge in [-0.05, 0) is 37.3 Å². The van der Waals surface area contributed by atoms with Gasteiger partial charge in [-0.3, -0.25) is 0 Å². The third kappa shape index (κ3) is 3.63. The summed E-state index contributed by atoms with van der Waals surface area (Å²) in [6.07, 6.45) is 3.84. The molecular weight excluding hydrogens is 274 g/mol.